The van der Waals surface area contributed by atoms with E-state index in [9.17, 15) is 24.0 Å². The SMILES string of the molecule is C/C=C(/C)C(=O)OC1[C@H](OC(C)=O)/C(C)=C/[C@@]23O[C@@]2(C[C@@H](C)C3=O)C(=O)[C@@H](C)[C@@H](OC(C)=O)[C@@H]2[C@H]1C2(C)C. The molecule has 9 atom stereocenters. The molecule has 0 amide bonds. The molecule has 0 aromatic carbocycles. The van der Waals surface area contributed by atoms with Gasteiger partial charge >= 0.3 is 17.9 Å². The molecule has 0 bridgehead atoms. The summed E-state index contributed by atoms with van der Waals surface area (Å²) in [5.41, 5.74) is -2.59. The van der Waals surface area contributed by atoms with Crippen molar-refractivity contribution < 1.29 is 42.9 Å². The third kappa shape index (κ3) is 4.05. The van der Waals surface area contributed by atoms with E-state index in [1.54, 1.807) is 46.8 Å². The van der Waals surface area contributed by atoms with Gasteiger partial charge < -0.3 is 18.9 Å². The minimum atomic E-state index is -1.50. The normalized spacial score (nSPS) is 42.8. The van der Waals surface area contributed by atoms with Crippen LogP contribution in [0.25, 0.3) is 0 Å². The topological polar surface area (TPSA) is 126 Å². The molecule has 4 aliphatic rings. The average molecular weight is 531 g/mol. The number of esters is 3. The number of fused-ring (bicyclic) bond motifs is 1. The molecule has 1 saturated heterocycles. The lowest BCUT2D eigenvalue weighted by Gasteiger charge is -2.30. The first-order chi connectivity index (χ1) is 17.6. The van der Waals surface area contributed by atoms with Crippen LogP contribution in [0.15, 0.2) is 23.3 Å². The number of allylic oxidation sites excluding steroid dienone is 1. The van der Waals surface area contributed by atoms with Crippen LogP contribution in [0.2, 0.25) is 0 Å². The van der Waals surface area contributed by atoms with Crippen molar-refractivity contribution in [2.24, 2.45) is 29.1 Å². The zero-order chi connectivity index (χ0) is 28.5. The fourth-order valence-electron chi connectivity index (χ4n) is 6.96. The van der Waals surface area contributed by atoms with Gasteiger partial charge in [-0.1, -0.05) is 33.8 Å². The predicted molar refractivity (Wildman–Crippen MR) is 134 cm³/mol. The van der Waals surface area contributed by atoms with Gasteiger partial charge in [-0.2, -0.15) is 0 Å². The summed E-state index contributed by atoms with van der Waals surface area (Å²) in [5, 5.41) is 0. The van der Waals surface area contributed by atoms with E-state index in [4.69, 9.17) is 18.9 Å². The third-order valence-corrected chi connectivity index (χ3v) is 9.08. The monoisotopic (exact) mass is 530 g/mol. The molecule has 3 fully saturated rings. The number of hydrogen-bond acceptors (Lipinski definition) is 9. The van der Waals surface area contributed by atoms with Crippen LogP contribution in [0.4, 0.5) is 0 Å². The smallest absolute Gasteiger partial charge is 0.333 e. The summed E-state index contributed by atoms with van der Waals surface area (Å²) in [7, 11) is 0. The average Bonchev–Trinajstić information content (AvgIpc) is 3.62. The first-order valence-electron chi connectivity index (χ1n) is 13.2. The van der Waals surface area contributed by atoms with Gasteiger partial charge in [-0.15, -0.1) is 0 Å². The largest absolute Gasteiger partial charge is 0.461 e. The highest BCUT2D eigenvalue weighted by atomic mass is 16.6. The number of hydrogen-bond donors (Lipinski definition) is 0. The lowest BCUT2D eigenvalue weighted by molar-refractivity contribution is -0.164. The van der Waals surface area contributed by atoms with Crippen molar-refractivity contribution in [1.82, 2.24) is 0 Å². The number of epoxide rings is 1. The Balaban J connectivity index is 1.93. The van der Waals surface area contributed by atoms with E-state index in [1.807, 2.05) is 13.8 Å². The van der Waals surface area contributed by atoms with E-state index in [0.717, 1.165) is 0 Å². The molecule has 0 aromatic heterocycles. The number of rotatable bonds is 4. The molecule has 0 spiro atoms. The van der Waals surface area contributed by atoms with Gasteiger partial charge in [0, 0.05) is 37.2 Å². The van der Waals surface area contributed by atoms with Gasteiger partial charge in [-0.25, -0.2) is 4.79 Å². The molecule has 0 aromatic rings. The molecule has 38 heavy (non-hydrogen) atoms. The van der Waals surface area contributed by atoms with Crippen LogP contribution in [0.3, 0.4) is 0 Å². The Hall–Kier alpha value is -2.81. The van der Waals surface area contributed by atoms with Gasteiger partial charge in [0.25, 0.3) is 0 Å². The summed E-state index contributed by atoms with van der Waals surface area (Å²) >= 11 is 0. The van der Waals surface area contributed by atoms with Gasteiger partial charge in [0.1, 0.15) is 12.2 Å². The molecule has 208 valence electrons. The van der Waals surface area contributed by atoms with Crippen LogP contribution in [-0.2, 0) is 42.9 Å². The maximum atomic E-state index is 14.1. The Morgan fingerprint density at radius 3 is 2.08 bits per heavy atom. The third-order valence-electron chi connectivity index (χ3n) is 9.08. The molecular weight excluding hydrogens is 492 g/mol. The van der Waals surface area contributed by atoms with Crippen LogP contribution in [-0.4, -0.2) is 59.0 Å². The number of Topliss-reactive ketones (excluding diaryl/α,β-unsaturated/α-hetero) is 2. The standard InChI is InChI=1S/C29H38O9/c1-10-13(2)26(34)37-23-20-19(27(20,8)9)22(36-18(7)31)16(5)25(33)29-12-15(4)24(32)28(29,38-29)11-14(3)21(23)35-17(6)30/h10-11,15-16,19-23H,12H2,1-9H3/b13-10-,14-11+/t15-,16+,19+,20-,21-,22-,23?,28+,29+/m1/s1. The second kappa shape index (κ2) is 9.14. The maximum absolute atomic E-state index is 14.1. The number of ketones is 2. The predicted octanol–water partition coefficient (Wildman–Crippen LogP) is 3.28. The molecule has 3 aliphatic carbocycles. The second-order valence-corrected chi connectivity index (χ2v) is 12.0. The van der Waals surface area contributed by atoms with Crippen molar-refractivity contribution in [1.29, 1.82) is 0 Å². The number of carbonyl (C=O) groups is 5. The van der Waals surface area contributed by atoms with Gasteiger partial charge in [0.2, 0.25) is 0 Å². The van der Waals surface area contributed by atoms with Crippen molar-refractivity contribution in [3.63, 3.8) is 0 Å². The van der Waals surface area contributed by atoms with Crippen LogP contribution in [0.5, 0.6) is 0 Å². The molecule has 9 heteroatoms. The summed E-state index contributed by atoms with van der Waals surface area (Å²) in [4.78, 5) is 65.0. The van der Waals surface area contributed by atoms with E-state index < -0.39 is 76.5 Å². The Labute approximate surface area is 223 Å². The summed E-state index contributed by atoms with van der Waals surface area (Å²) in [6.07, 6.45) is 0.546. The van der Waals surface area contributed by atoms with Crippen molar-refractivity contribution in [2.45, 2.75) is 98.2 Å². The van der Waals surface area contributed by atoms with E-state index in [0.29, 0.717) is 11.1 Å². The molecule has 4 rings (SSSR count). The molecule has 9 nitrogen and oxygen atoms in total. The molecule has 1 unspecified atom stereocenters. The van der Waals surface area contributed by atoms with Crippen LogP contribution < -0.4 is 0 Å². The molecule has 0 N–H and O–H groups in total. The minimum Gasteiger partial charge on any atom is -0.461 e. The van der Waals surface area contributed by atoms with Crippen LogP contribution in [0.1, 0.15) is 68.7 Å². The highest BCUT2D eigenvalue weighted by molar-refractivity contribution is 6.11. The van der Waals surface area contributed by atoms with Crippen LogP contribution >= 0.6 is 0 Å². The molecule has 1 aliphatic heterocycles. The van der Waals surface area contributed by atoms with E-state index in [1.165, 1.54) is 13.8 Å². The highest BCUT2D eigenvalue weighted by Gasteiger charge is 2.83. The van der Waals surface area contributed by atoms with Gasteiger partial charge in [0.05, 0.1) is 5.92 Å². The van der Waals surface area contributed by atoms with E-state index in [-0.39, 0.29) is 18.0 Å². The summed E-state index contributed by atoms with van der Waals surface area (Å²) in [6.45, 7) is 14.9. The zero-order valence-electron chi connectivity index (χ0n) is 23.6. The summed E-state index contributed by atoms with van der Waals surface area (Å²) < 4.78 is 23.6. The fraction of sp³-hybridized carbons (Fsp3) is 0.690. The minimum absolute atomic E-state index is 0.209. The second-order valence-electron chi connectivity index (χ2n) is 12.0. The van der Waals surface area contributed by atoms with Gasteiger partial charge in [0.15, 0.2) is 28.9 Å². The molecular formula is C29H38O9. The lowest BCUT2D eigenvalue weighted by atomic mass is 9.81. The molecule has 0 radical (unpaired) electrons. The lowest BCUT2D eigenvalue weighted by Crippen LogP contribution is -2.42. The highest BCUT2D eigenvalue weighted by Crippen LogP contribution is 2.67. The first-order valence-corrected chi connectivity index (χ1v) is 13.2. The summed E-state index contributed by atoms with van der Waals surface area (Å²) in [6, 6.07) is 0. The van der Waals surface area contributed by atoms with E-state index in [2.05, 4.69) is 0 Å². The number of carbonyl (C=O) groups excluding carboxylic acids is 5. The Bertz CT molecular complexity index is 1160. The first kappa shape index (κ1) is 28.2. The quantitative estimate of drug-likeness (QED) is 0.177. The van der Waals surface area contributed by atoms with Gasteiger partial charge in [-0.3, -0.25) is 19.2 Å². The molecule has 1 heterocycles. The Morgan fingerprint density at radius 2 is 1.53 bits per heavy atom. The fourth-order valence-corrected chi connectivity index (χ4v) is 6.96. The van der Waals surface area contributed by atoms with Crippen molar-refractivity contribution in [2.75, 3.05) is 0 Å². The Morgan fingerprint density at radius 1 is 0.947 bits per heavy atom. The molecule has 2 saturated carbocycles. The number of ether oxygens (including phenoxy) is 4. The zero-order valence-corrected chi connectivity index (χ0v) is 23.6. The van der Waals surface area contributed by atoms with Gasteiger partial charge in [-0.05, 0) is 44.3 Å². The maximum Gasteiger partial charge on any atom is 0.333 e. The van der Waals surface area contributed by atoms with Crippen molar-refractivity contribution >= 4 is 29.5 Å². The van der Waals surface area contributed by atoms with Crippen molar-refractivity contribution in [3.8, 4) is 0 Å². The Kier molecular flexibility index (Phi) is 6.78. The van der Waals surface area contributed by atoms with Crippen LogP contribution in [0, 0.1) is 29.1 Å². The van der Waals surface area contributed by atoms with Crippen molar-refractivity contribution in [3.05, 3.63) is 23.3 Å². The van der Waals surface area contributed by atoms with E-state index >= 15 is 0 Å². The summed E-state index contributed by atoms with van der Waals surface area (Å²) in [5.74, 6) is -4.27.